The number of halogens is 1. The second-order valence-electron chi connectivity index (χ2n) is 6.98. The molecule has 4 rings (SSSR count). The molecule has 2 aliphatic heterocycles. The molecule has 2 heterocycles. The summed E-state index contributed by atoms with van der Waals surface area (Å²) in [6, 6.07) is 14.8. The SMILES string of the molecule is Fc1ccccc1N1CCN(CCNCC2COc3ccccc3O2)CC1. The van der Waals surface area contributed by atoms with Crippen LogP contribution in [0.2, 0.25) is 0 Å². The van der Waals surface area contributed by atoms with E-state index in [9.17, 15) is 4.39 Å². The van der Waals surface area contributed by atoms with Crippen molar-refractivity contribution in [2.75, 3.05) is 57.3 Å². The molecule has 27 heavy (non-hydrogen) atoms. The van der Waals surface area contributed by atoms with Gasteiger partial charge in [-0.05, 0) is 24.3 Å². The molecule has 1 unspecified atom stereocenters. The van der Waals surface area contributed by atoms with Gasteiger partial charge in [-0.15, -0.1) is 0 Å². The number of hydrogen-bond donors (Lipinski definition) is 1. The predicted molar refractivity (Wildman–Crippen MR) is 104 cm³/mol. The Balaban J connectivity index is 1.15. The molecule has 2 aromatic carbocycles. The highest BCUT2D eigenvalue weighted by Crippen LogP contribution is 2.30. The summed E-state index contributed by atoms with van der Waals surface area (Å²) in [5.41, 5.74) is 0.713. The first-order chi connectivity index (χ1) is 13.3. The van der Waals surface area contributed by atoms with Crippen molar-refractivity contribution in [3.8, 4) is 11.5 Å². The Hall–Kier alpha value is -2.31. The van der Waals surface area contributed by atoms with E-state index >= 15 is 0 Å². The van der Waals surface area contributed by atoms with E-state index in [0.717, 1.165) is 57.3 Å². The predicted octanol–water partition coefficient (Wildman–Crippen LogP) is 2.38. The van der Waals surface area contributed by atoms with Crippen molar-refractivity contribution < 1.29 is 13.9 Å². The number of fused-ring (bicyclic) bond motifs is 1. The minimum Gasteiger partial charge on any atom is -0.486 e. The molecular weight excluding hydrogens is 345 g/mol. The van der Waals surface area contributed by atoms with Gasteiger partial charge in [0.25, 0.3) is 0 Å². The largest absolute Gasteiger partial charge is 0.486 e. The van der Waals surface area contributed by atoms with Crippen LogP contribution in [0.4, 0.5) is 10.1 Å². The maximum atomic E-state index is 13.9. The van der Waals surface area contributed by atoms with E-state index in [-0.39, 0.29) is 11.9 Å². The van der Waals surface area contributed by atoms with E-state index in [4.69, 9.17) is 9.47 Å². The Morgan fingerprint density at radius 1 is 0.963 bits per heavy atom. The van der Waals surface area contributed by atoms with Gasteiger partial charge in [0.1, 0.15) is 18.5 Å². The average Bonchev–Trinajstić information content (AvgIpc) is 2.72. The molecule has 5 nitrogen and oxygen atoms in total. The maximum Gasteiger partial charge on any atom is 0.161 e. The highest BCUT2D eigenvalue weighted by molar-refractivity contribution is 5.48. The van der Waals surface area contributed by atoms with Crippen LogP contribution >= 0.6 is 0 Å². The molecule has 0 bridgehead atoms. The standard InChI is InChI=1S/C21H26FN3O2/c22-18-5-1-2-6-19(18)25-13-11-24(12-14-25)10-9-23-15-17-16-26-20-7-3-4-8-21(20)27-17/h1-8,17,23H,9-16H2. The third kappa shape index (κ3) is 4.51. The third-order valence-electron chi connectivity index (χ3n) is 5.11. The summed E-state index contributed by atoms with van der Waals surface area (Å²) in [5.74, 6) is 1.50. The highest BCUT2D eigenvalue weighted by atomic mass is 19.1. The highest BCUT2D eigenvalue weighted by Gasteiger charge is 2.21. The maximum absolute atomic E-state index is 13.9. The molecule has 1 fully saturated rings. The van der Waals surface area contributed by atoms with E-state index in [1.54, 1.807) is 6.07 Å². The van der Waals surface area contributed by atoms with Crippen molar-refractivity contribution in [2.45, 2.75) is 6.10 Å². The van der Waals surface area contributed by atoms with Crippen LogP contribution in [0, 0.1) is 5.82 Å². The molecule has 0 radical (unpaired) electrons. The van der Waals surface area contributed by atoms with E-state index in [0.29, 0.717) is 12.3 Å². The Morgan fingerprint density at radius 2 is 1.70 bits per heavy atom. The summed E-state index contributed by atoms with van der Waals surface area (Å²) in [4.78, 5) is 4.54. The van der Waals surface area contributed by atoms with Crippen molar-refractivity contribution in [2.24, 2.45) is 0 Å². The molecular formula is C21H26FN3O2. The zero-order chi connectivity index (χ0) is 18.5. The molecule has 0 amide bonds. The fourth-order valence-corrected chi connectivity index (χ4v) is 3.58. The zero-order valence-electron chi connectivity index (χ0n) is 15.4. The number of benzene rings is 2. The quantitative estimate of drug-likeness (QED) is 0.789. The van der Waals surface area contributed by atoms with Gasteiger partial charge >= 0.3 is 0 Å². The van der Waals surface area contributed by atoms with Gasteiger partial charge < -0.3 is 19.7 Å². The van der Waals surface area contributed by atoms with Crippen LogP contribution in [0.3, 0.4) is 0 Å². The van der Waals surface area contributed by atoms with E-state index in [2.05, 4.69) is 15.1 Å². The van der Waals surface area contributed by atoms with Crippen molar-refractivity contribution in [3.05, 3.63) is 54.3 Å². The Morgan fingerprint density at radius 3 is 2.52 bits per heavy atom. The Bertz CT molecular complexity index is 750. The normalized spacial score (nSPS) is 19.9. The number of nitrogens with one attached hydrogen (secondary N) is 1. The van der Waals surface area contributed by atoms with Crippen LogP contribution in [-0.4, -0.2) is 63.4 Å². The first-order valence-corrected chi connectivity index (χ1v) is 9.60. The number of para-hydroxylation sites is 3. The lowest BCUT2D eigenvalue weighted by Crippen LogP contribution is -2.49. The van der Waals surface area contributed by atoms with E-state index < -0.39 is 0 Å². The molecule has 0 aliphatic carbocycles. The minimum atomic E-state index is -0.135. The minimum absolute atomic E-state index is 0.0396. The number of anilines is 1. The lowest BCUT2D eigenvalue weighted by molar-refractivity contribution is 0.0898. The lowest BCUT2D eigenvalue weighted by Gasteiger charge is -2.36. The van der Waals surface area contributed by atoms with Gasteiger partial charge in [0.2, 0.25) is 0 Å². The molecule has 2 aromatic rings. The zero-order valence-corrected chi connectivity index (χ0v) is 15.4. The van der Waals surface area contributed by atoms with Crippen molar-refractivity contribution in [3.63, 3.8) is 0 Å². The van der Waals surface area contributed by atoms with Crippen LogP contribution in [0.1, 0.15) is 0 Å². The summed E-state index contributed by atoms with van der Waals surface area (Å²) in [5, 5.41) is 3.46. The van der Waals surface area contributed by atoms with E-state index in [1.807, 2.05) is 36.4 Å². The molecule has 1 atom stereocenters. The Labute approximate surface area is 159 Å². The summed E-state index contributed by atoms with van der Waals surface area (Å²) in [6.45, 7) is 6.85. The first-order valence-electron chi connectivity index (χ1n) is 9.60. The smallest absolute Gasteiger partial charge is 0.161 e. The summed E-state index contributed by atoms with van der Waals surface area (Å²) in [6.07, 6.45) is 0.0396. The summed E-state index contributed by atoms with van der Waals surface area (Å²) >= 11 is 0. The molecule has 0 saturated carbocycles. The molecule has 6 heteroatoms. The van der Waals surface area contributed by atoms with Gasteiger partial charge in [-0.3, -0.25) is 4.90 Å². The topological polar surface area (TPSA) is 37.0 Å². The number of piperazine rings is 1. The van der Waals surface area contributed by atoms with Crippen molar-refractivity contribution in [1.82, 2.24) is 10.2 Å². The van der Waals surface area contributed by atoms with Gasteiger partial charge in [0.15, 0.2) is 11.5 Å². The average molecular weight is 371 g/mol. The van der Waals surface area contributed by atoms with Gasteiger partial charge in [0, 0.05) is 45.8 Å². The number of rotatable bonds is 6. The summed E-state index contributed by atoms with van der Waals surface area (Å²) < 4.78 is 25.6. The second-order valence-corrected chi connectivity index (χ2v) is 6.98. The monoisotopic (exact) mass is 371 g/mol. The van der Waals surface area contributed by atoms with Crippen LogP contribution in [-0.2, 0) is 0 Å². The molecule has 0 spiro atoms. The van der Waals surface area contributed by atoms with Gasteiger partial charge in [-0.1, -0.05) is 24.3 Å². The van der Waals surface area contributed by atoms with Gasteiger partial charge in [0.05, 0.1) is 5.69 Å². The third-order valence-corrected chi connectivity index (χ3v) is 5.11. The van der Waals surface area contributed by atoms with Gasteiger partial charge in [-0.2, -0.15) is 0 Å². The molecule has 1 N–H and O–H groups in total. The second kappa shape index (κ2) is 8.59. The lowest BCUT2D eigenvalue weighted by atomic mass is 10.2. The molecule has 0 aromatic heterocycles. The van der Waals surface area contributed by atoms with Crippen LogP contribution in [0.5, 0.6) is 11.5 Å². The van der Waals surface area contributed by atoms with Crippen LogP contribution < -0.4 is 19.7 Å². The number of ether oxygens (including phenoxy) is 2. The number of hydrogen-bond acceptors (Lipinski definition) is 5. The van der Waals surface area contributed by atoms with Crippen molar-refractivity contribution >= 4 is 5.69 Å². The number of nitrogens with zero attached hydrogens (tertiary/aromatic N) is 2. The fourth-order valence-electron chi connectivity index (χ4n) is 3.58. The first kappa shape index (κ1) is 18.1. The Kier molecular flexibility index (Phi) is 5.75. The molecule has 2 aliphatic rings. The van der Waals surface area contributed by atoms with E-state index in [1.165, 1.54) is 6.07 Å². The molecule has 1 saturated heterocycles. The van der Waals surface area contributed by atoms with Crippen molar-refractivity contribution in [1.29, 1.82) is 0 Å². The van der Waals surface area contributed by atoms with Crippen LogP contribution in [0.25, 0.3) is 0 Å². The summed E-state index contributed by atoms with van der Waals surface area (Å²) in [7, 11) is 0. The van der Waals surface area contributed by atoms with Crippen LogP contribution in [0.15, 0.2) is 48.5 Å². The molecule has 144 valence electrons. The fraction of sp³-hybridized carbons (Fsp3) is 0.429. The van der Waals surface area contributed by atoms with Gasteiger partial charge in [-0.25, -0.2) is 4.39 Å².